The van der Waals surface area contributed by atoms with Gasteiger partial charge in [0.15, 0.2) is 0 Å². The van der Waals surface area contributed by atoms with E-state index in [1.54, 1.807) is 0 Å². The maximum absolute atomic E-state index is 11.4. The molecule has 4 heteroatoms. The van der Waals surface area contributed by atoms with Crippen molar-refractivity contribution in [2.24, 2.45) is 0 Å². The Morgan fingerprint density at radius 1 is 1.38 bits per heavy atom. The van der Waals surface area contributed by atoms with Gasteiger partial charge in [-0.2, -0.15) is 0 Å². The molecule has 0 unspecified atom stereocenters. The van der Waals surface area contributed by atoms with E-state index >= 15 is 0 Å². The quantitative estimate of drug-likeness (QED) is 0.818. The third kappa shape index (κ3) is 3.15. The molecule has 2 rings (SSSR count). The van der Waals surface area contributed by atoms with Crippen LogP contribution in [0.2, 0.25) is 0 Å². The van der Waals surface area contributed by atoms with E-state index in [0.29, 0.717) is 12.6 Å². The molecule has 1 aliphatic carbocycles. The fourth-order valence-corrected chi connectivity index (χ4v) is 1.38. The second-order valence-corrected chi connectivity index (χ2v) is 3.83. The molecular formula is C12H16N2O2. The van der Waals surface area contributed by atoms with Crippen molar-refractivity contribution >= 4 is 11.7 Å². The average Bonchev–Trinajstić information content (AvgIpc) is 3.05. The topological polar surface area (TPSA) is 50.4 Å². The molecule has 0 spiro atoms. The van der Waals surface area contributed by atoms with Crippen LogP contribution in [0.15, 0.2) is 24.3 Å². The number of carbonyl (C=O) groups is 1. The fraction of sp³-hybridized carbons (Fsp3) is 0.417. The molecule has 16 heavy (non-hydrogen) atoms. The number of ether oxygens (including phenoxy) is 1. The zero-order valence-electron chi connectivity index (χ0n) is 9.32. The smallest absolute Gasteiger partial charge is 0.319 e. The van der Waals surface area contributed by atoms with Gasteiger partial charge in [0.1, 0.15) is 5.75 Å². The fourth-order valence-electron chi connectivity index (χ4n) is 1.38. The number of benzene rings is 1. The lowest BCUT2D eigenvalue weighted by molar-refractivity contribution is 0.251. The standard InChI is InChI=1S/C12H16N2O2/c1-2-16-11-7-5-10(6-8-11)14-12(15)13-9-3-4-9/h5-9H,2-4H2,1H3,(H2,13,14,15). The Morgan fingerprint density at radius 3 is 2.62 bits per heavy atom. The summed E-state index contributed by atoms with van der Waals surface area (Å²) in [6, 6.07) is 7.59. The van der Waals surface area contributed by atoms with E-state index in [9.17, 15) is 4.79 Å². The molecule has 1 aromatic carbocycles. The highest BCUT2D eigenvalue weighted by molar-refractivity contribution is 5.89. The van der Waals surface area contributed by atoms with E-state index < -0.39 is 0 Å². The molecule has 1 saturated carbocycles. The minimum Gasteiger partial charge on any atom is -0.494 e. The first-order valence-corrected chi connectivity index (χ1v) is 5.58. The average molecular weight is 220 g/mol. The maximum Gasteiger partial charge on any atom is 0.319 e. The molecule has 0 atom stereocenters. The summed E-state index contributed by atoms with van der Waals surface area (Å²) in [4.78, 5) is 11.4. The summed E-state index contributed by atoms with van der Waals surface area (Å²) in [7, 11) is 0. The Kier molecular flexibility index (Phi) is 3.29. The minimum atomic E-state index is -0.133. The molecule has 0 radical (unpaired) electrons. The summed E-state index contributed by atoms with van der Waals surface area (Å²) in [5.74, 6) is 0.815. The first-order chi connectivity index (χ1) is 7.78. The summed E-state index contributed by atoms with van der Waals surface area (Å²) >= 11 is 0. The summed E-state index contributed by atoms with van der Waals surface area (Å²) < 4.78 is 5.31. The molecule has 1 fully saturated rings. The number of anilines is 1. The van der Waals surface area contributed by atoms with Crippen molar-refractivity contribution in [2.45, 2.75) is 25.8 Å². The highest BCUT2D eigenvalue weighted by Crippen LogP contribution is 2.19. The van der Waals surface area contributed by atoms with Gasteiger partial charge in [-0.25, -0.2) is 4.79 Å². The Balaban J connectivity index is 1.85. The molecule has 1 aliphatic rings. The van der Waals surface area contributed by atoms with Crippen molar-refractivity contribution in [3.05, 3.63) is 24.3 Å². The number of rotatable bonds is 4. The Bertz CT molecular complexity index is 358. The van der Waals surface area contributed by atoms with Gasteiger partial charge in [-0.3, -0.25) is 0 Å². The van der Waals surface area contributed by atoms with Crippen molar-refractivity contribution in [3.63, 3.8) is 0 Å². The molecule has 86 valence electrons. The van der Waals surface area contributed by atoms with Gasteiger partial charge in [-0.15, -0.1) is 0 Å². The highest BCUT2D eigenvalue weighted by Gasteiger charge is 2.22. The van der Waals surface area contributed by atoms with Crippen molar-refractivity contribution in [1.29, 1.82) is 0 Å². The number of nitrogens with one attached hydrogen (secondary N) is 2. The number of carbonyl (C=O) groups excluding carboxylic acids is 1. The molecule has 0 saturated heterocycles. The van der Waals surface area contributed by atoms with E-state index in [-0.39, 0.29) is 6.03 Å². The third-order valence-electron chi connectivity index (χ3n) is 2.34. The Labute approximate surface area is 95.0 Å². The van der Waals surface area contributed by atoms with Crippen LogP contribution in [0.3, 0.4) is 0 Å². The van der Waals surface area contributed by atoms with Crippen LogP contribution in [-0.2, 0) is 0 Å². The van der Waals surface area contributed by atoms with Crippen molar-refractivity contribution in [2.75, 3.05) is 11.9 Å². The third-order valence-corrected chi connectivity index (χ3v) is 2.34. The Hall–Kier alpha value is -1.71. The first kappa shape index (κ1) is 10.8. The molecule has 2 amide bonds. The molecule has 4 nitrogen and oxygen atoms in total. The van der Waals surface area contributed by atoms with Crippen LogP contribution < -0.4 is 15.4 Å². The first-order valence-electron chi connectivity index (χ1n) is 5.58. The normalized spacial score (nSPS) is 14.3. The van der Waals surface area contributed by atoms with Crippen LogP contribution in [-0.4, -0.2) is 18.7 Å². The lowest BCUT2D eigenvalue weighted by Crippen LogP contribution is -2.30. The second-order valence-electron chi connectivity index (χ2n) is 3.83. The van der Waals surface area contributed by atoms with Gasteiger partial charge < -0.3 is 15.4 Å². The number of hydrogen-bond donors (Lipinski definition) is 2. The number of amides is 2. The maximum atomic E-state index is 11.4. The largest absolute Gasteiger partial charge is 0.494 e. The van der Waals surface area contributed by atoms with Crippen LogP contribution in [0.1, 0.15) is 19.8 Å². The van der Waals surface area contributed by atoms with E-state index in [4.69, 9.17) is 4.74 Å². The van der Waals surface area contributed by atoms with Gasteiger partial charge >= 0.3 is 6.03 Å². The molecule has 2 N–H and O–H groups in total. The van der Waals surface area contributed by atoms with Crippen LogP contribution in [0.4, 0.5) is 10.5 Å². The SMILES string of the molecule is CCOc1ccc(NC(=O)NC2CC2)cc1. The van der Waals surface area contributed by atoms with Gasteiger partial charge in [0.2, 0.25) is 0 Å². The summed E-state index contributed by atoms with van der Waals surface area (Å²) in [5, 5.41) is 5.64. The van der Waals surface area contributed by atoms with Gasteiger partial charge in [-0.05, 0) is 44.0 Å². The second kappa shape index (κ2) is 4.88. The molecule has 0 heterocycles. The summed E-state index contributed by atoms with van der Waals surface area (Å²) in [5.41, 5.74) is 0.779. The molecule has 0 aliphatic heterocycles. The van der Waals surface area contributed by atoms with Crippen LogP contribution in [0.25, 0.3) is 0 Å². The lowest BCUT2D eigenvalue weighted by Gasteiger charge is -2.07. The van der Waals surface area contributed by atoms with Gasteiger partial charge in [-0.1, -0.05) is 0 Å². The van der Waals surface area contributed by atoms with E-state index in [1.165, 1.54) is 0 Å². The van der Waals surface area contributed by atoms with Crippen LogP contribution in [0, 0.1) is 0 Å². The monoisotopic (exact) mass is 220 g/mol. The van der Waals surface area contributed by atoms with Gasteiger partial charge in [0, 0.05) is 11.7 Å². The molecule has 1 aromatic rings. The van der Waals surface area contributed by atoms with Crippen LogP contribution in [0.5, 0.6) is 5.75 Å². The summed E-state index contributed by atoms with van der Waals surface area (Å²) in [6.45, 7) is 2.59. The van der Waals surface area contributed by atoms with Crippen molar-refractivity contribution < 1.29 is 9.53 Å². The lowest BCUT2D eigenvalue weighted by atomic mass is 10.3. The highest BCUT2D eigenvalue weighted by atomic mass is 16.5. The minimum absolute atomic E-state index is 0.133. The van der Waals surface area contributed by atoms with Gasteiger partial charge in [0.25, 0.3) is 0 Å². The van der Waals surface area contributed by atoms with Crippen molar-refractivity contribution in [1.82, 2.24) is 5.32 Å². The number of urea groups is 1. The zero-order valence-corrected chi connectivity index (χ0v) is 9.32. The summed E-state index contributed by atoms with van der Waals surface area (Å²) in [6.07, 6.45) is 2.19. The predicted molar refractivity (Wildman–Crippen MR) is 62.8 cm³/mol. The zero-order chi connectivity index (χ0) is 11.4. The van der Waals surface area contributed by atoms with Crippen LogP contribution >= 0.6 is 0 Å². The van der Waals surface area contributed by atoms with E-state index in [1.807, 2.05) is 31.2 Å². The molecular weight excluding hydrogens is 204 g/mol. The number of hydrogen-bond acceptors (Lipinski definition) is 2. The predicted octanol–water partition coefficient (Wildman–Crippen LogP) is 2.37. The van der Waals surface area contributed by atoms with Crippen molar-refractivity contribution in [3.8, 4) is 5.75 Å². The van der Waals surface area contributed by atoms with E-state index in [0.717, 1.165) is 24.3 Å². The Morgan fingerprint density at radius 2 is 2.06 bits per heavy atom. The van der Waals surface area contributed by atoms with Gasteiger partial charge in [0.05, 0.1) is 6.61 Å². The molecule has 0 bridgehead atoms. The van der Waals surface area contributed by atoms with E-state index in [2.05, 4.69) is 10.6 Å². The molecule has 0 aromatic heterocycles.